The van der Waals surface area contributed by atoms with Gasteiger partial charge in [-0.3, -0.25) is 4.79 Å². The summed E-state index contributed by atoms with van der Waals surface area (Å²) < 4.78 is 10.8. The molecule has 6 heteroatoms. The van der Waals surface area contributed by atoms with Crippen molar-refractivity contribution in [2.75, 3.05) is 31.2 Å². The Morgan fingerprint density at radius 2 is 2.24 bits per heavy atom. The van der Waals surface area contributed by atoms with Crippen LogP contribution in [0, 0.1) is 0 Å². The first-order valence-electron chi connectivity index (χ1n) is 5.48. The van der Waals surface area contributed by atoms with Crippen molar-refractivity contribution >= 4 is 18.0 Å². The van der Waals surface area contributed by atoms with Crippen LogP contribution in [-0.4, -0.2) is 38.4 Å². The quantitative estimate of drug-likeness (QED) is 0.617. The van der Waals surface area contributed by atoms with Crippen LogP contribution in [0.4, 0.5) is 5.88 Å². The van der Waals surface area contributed by atoms with Gasteiger partial charge in [0.2, 0.25) is 5.91 Å². The highest BCUT2D eigenvalue weighted by atomic mass is 16.5. The van der Waals surface area contributed by atoms with Crippen LogP contribution in [0.3, 0.4) is 0 Å². The SMILES string of the molecule is CC(=O)N/N=C\c1ccc(N2CCOCC2)o1. The van der Waals surface area contributed by atoms with Crippen molar-refractivity contribution in [3.63, 3.8) is 0 Å². The third-order valence-electron chi connectivity index (χ3n) is 2.35. The van der Waals surface area contributed by atoms with Gasteiger partial charge in [-0.2, -0.15) is 5.10 Å². The highest BCUT2D eigenvalue weighted by molar-refractivity contribution is 5.79. The summed E-state index contributed by atoms with van der Waals surface area (Å²) in [6, 6.07) is 3.70. The average Bonchev–Trinajstić information content (AvgIpc) is 2.78. The number of carbonyl (C=O) groups is 1. The molecule has 1 N–H and O–H groups in total. The van der Waals surface area contributed by atoms with Gasteiger partial charge in [0.15, 0.2) is 5.88 Å². The lowest BCUT2D eigenvalue weighted by Gasteiger charge is -2.26. The molecule has 0 saturated carbocycles. The zero-order valence-electron chi connectivity index (χ0n) is 9.68. The molecular weight excluding hydrogens is 222 g/mol. The van der Waals surface area contributed by atoms with Gasteiger partial charge < -0.3 is 14.1 Å². The first kappa shape index (κ1) is 11.7. The largest absolute Gasteiger partial charge is 0.440 e. The fourth-order valence-electron chi connectivity index (χ4n) is 1.55. The highest BCUT2D eigenvalue weighted by Gasteiger charge is 2.13. The molecule has 6 nitrogen and oxygen atoms in total. The van der Waals surface area contributed by atoms with Gasteiger partial charge in [0.25, 0.3) is 0 Å². The predicted molar refractivity (Wildman–Crippen MR) is 63.2 cm³/mol. The minimum atomic E-state index is -0.207. The second-order valence-corrected chi connectivity index (χ2v) is 3.70. The topological polar surface area (TPSA) is 67.1 Å². The molecule has 0 spiro atoms. The van der Waals surface area contributed by atoms with Crippen LogP contribution < -0.4 is 10.3 Å². The van der Waals surface area contributed by atoms with E-state index in [2.05, 4.69) is 15.4 Å². The van der Waals surface area contributed by atoms with E-state index in [9.17, 15) is 4.79 Å². The van der Waals surface area contributed by atoms with Crippen LogP contribution >= 0.6 is 0 Å². The van der Waals surface area contributed by atoms with Crippen LogP contribution in [0.1, 0.15) is 12.7 Å². The zero-order valence-corrected chi connectivity index (χ0v) is 9.68. The monoisotopic (exact) mass is 237 g/mol. The van der Waals surface area contributed by atoms with E-state index in [-0.39, 0.29) is 5.91 Å². The minimum Gasteiger partial charge on any atom is -0.440 e. The van der Waals surface area contributed by atoms with Crippen LogP contribution in [0.5, 0.6) is 0 Å². The highest BCUT2D eigenvalue weighted by Crippen LogP contribution is 2.18. The molecule has 2 heterocycles. The van der Waals surface area contributed by atoms with Crippen LogP contribution in [0.2, 0.25) is 0 Å². The number of hydrogen-bond donors (Lipinski definition) is 1. The summed E-state index contributed by atoms with van der Waals surface area (Å²) in [6.45, 7) is 4.50. The summed E-state index contributed by atoms with van der Waals surface area (Å²) in [5.41, 5.74) is 2.32. The third-order valence-corrected chi connectivity index (χ3v) is 2.35. The molecule has 1 aliphatic rings. The number of morpholine rings is 1. The number of nitrogens with zero attached hydrogens (tertiary/aromatic N) is 2. The first-order valence-corrected chi connectivity index (χ1v) is 5.48. The Bertz CT molecular complexity index is 408. The fourth-order valence-corrected chi connectivity index (χ4v) is 1.55. The van der Waals surface area contributed by atoms with Gasteiger partial charge in [-0.15, -0.1) is 0 Å². The van der Waals surface area contributed by atoms with Gasteiger partial charge in [0.1, 0.15) is 5.76 Å². The standard InChI is InChI=1S/C11H15N3O3/c1-9(15)13-12-8-10-2-3-11(17-10)14-4-6-16-7-5-14/h2-3,8H,4-7H2,1H3,(H,13,15)/b12-8-. The van der Waals surface area contributed by atoms with Gasteiger partial charge in [-0.25, -0.2) is 5.43 Å². The average molecular weight is 237 g/mol. The third kappa shape index (κ3) is 3.32. The van der Waals surface area contributed by atoms with Gasteiger partial charge in [0.05, 0.1) is 19.4 Å². The molecule has 1 amide bonds. The summed E-state index contributed by atoms with van der Waals surface area (Å²) in [4.78, 5) is 12.7. The number of rotatable bonds is 3. The summed E-state index contributed by atoms with van der Waals surface area (Å²) in [5, 5.41) is 3.74. The molecule has 2 rings (SSSR count). The second-order valence-electron chi connectivity index (χ2n) is 3.70. The molecule has 17 heavy (non-hydrogen) atoms. The Labute approximate surface area is 99.2 Å². The van der Waals surface area contributed by atoms with Gasteiger partial charge in [-0.1, -0.05) is 0 Å². The molecule has 0 aliphatic carbocycles. The van der Waals surface area contributed by atoms with Crippen molar-refractivity contribution in [3.05, 3.63) is 17.9 Å². The van der Waals surface area contributed by atoms with Crippen molar-refractivity contribution in [2.45, 2.75) is 6.92 Å². The van der Waals surface area contributed by atoms with Crippen molar-refractivity contribution in [2.24, 2.45) is 5.10 Å². The molecular formula is C11H15N3O3. The molecule has 1 aromatic rings. The van der Waals surface area contributed by atoms with Gasteiger partial charge >= 0.3 is 0 Å². The van der Waals surface area contributed by atoms with Gasteiger partial charge in [-0.05, 0) is 6.07 Å². The number of carbonyl (C=O) groups excluding carboxylic acids is 1. The molecule has 1 aliphatic heterocycles. The van der Waals surface area contributed by atoms with E-state index >= 15 is 0 Å². The number of amides is 1. The van der Waals surface area contributed by atoms with Crippen LogP contribution in [0.25, 0.3) is 0 Å². The molecule has 0 atom stereocenters. The smallest absolute Gasteiger partial charge is 0.236 e. The summed E-state index contributed by atoms with van der Waals surface area (Å²) >= 11 is 0. The molecule has 0 aromatic carbocycles. The Hall–Kier alpha value is -1.82. The lowest BCUT2D eigenvalue weighted by atomic mass is 10.4. The number of nitrogens with one attached hydrogen (secondary N) is 1. The maximum Gasteiger partial charge on any atom is 0.236 e. The maximum absolute atomic E-state index is 10.6. The fraction of sp³-hybridized carbons (Fsp3) is 0.455. The number of hydrogen-bond acceptors (Lipinski definition) is 5. The molecule has 1 aromatic heterocycles. The molecule has 1 saturated heterocycles. The van der Waals surface area contributed by atoms with Crippen LogP contribution in [-0.2, 0) is 9.53 Å². The summed E-state index contributed by atoms with van der Waals surface area (Å²) in [7, 11) is 0. The number of hydrazone groups is 1. The minimum absolute atomic E-state index is 0.207. The summed E-state index contributed by atoms with van der Waals surface area (Å²) in [6.07, 6.45) is 1.48. The molecule has 1 fully saturated rings. The van der Waals surface area contributed by atoms with E-state index in [1.807, 2.05) is 12.1 Å². The first-order chi connectivity index (χ1) is 8.25. The predicted octanol–water partition coefficient (Wildman–Crippen LogP) is 0.586. The zero-order chi connectivity index (χ0) is 12.1. The van der Waals surface area contributed by atoms with Crippen molar-refractivity contribution in [1.29, 1.82) is 0 Å². The normalized spacial score (nSPS) is 16.4. The van der Waals surface area contributed by atoms with Crippen molar-refractivity contribution in [3.8, 4) is 0 Å². The Morgan fingerprint density at radius 1 is 1.47 bits per heavy atom. The maximum atomic E-state index is 10.6. The van der Waals surface area contributed by atoms with E-state index in [4.69, 9.17) is 9.15 Å². The summed E-state index contributed by atoms with van der Waals surface area (Å²) in [5.74, 6) is 1.21. The number of ether oxygens (including phenoxy) is 1. The Morgan fingerprint density at radius 3 is 2.94 bits per heavy atom. The lowest BCUT2D eigenvalue weighted by Crippen LogP contribution is -2.35. The van der Waals surface area contributed by atoms with E-state index in [1.165, 1.54) is 13.1 Å². The Balaban J connectivity index is 1.95. The van der Waals surface area contributed by atoms with Gasteiger partial charge in [0, 0.05) is 26.1 Å². The van der Waals surface area contributed by atoms with Crippen molar-refractivity contribution in [1.82, 2.24) is 5.43 Å². The van der Waals surface area contributed by atoms with Crippen LogP contribution in [0.15, 0.2) is 21.7 Å². The lowest BCUT2D eigenvalue weighted by molar-refractivity contribution is -0.118. The Kier molecular flexibility index (Phi) is 3.77. The van der Waals surface area contributed by atoms with Crippen molar-refractivity contribution < 1.29 is 13.9 Å². The van der Waals surface area contributed by atoms with E-state index in [0.717, 1.165) is 32.2 Å². The van der Waals surface area contributed by atoms with E-state index < -0.39 is 0 Å². The van der Waals surface area contributed by atoms with E-state index in [1.54, 1.807) is 0 Å². The number of anilines is 1. The number of furan rings is 1. The molecule has 0 radical (unpaired) electrons. The molecule has 0 bridgehead atoms. The molecule has 92 valence electrons. The molecule has 0 unspecified atom stereocenters. The van der Waals surface area contributed by atoms with E-state index in [0.29, 0.717) is 5.76 Å². The second kappa shape index (κ2) is 5.49.